The van der Waals surface area contributed by atoms with Crippen molar-refractivity contribution in [2.75, 3.05) is 20.0 Å². The normalized spacial score (nSPS) is 33.7. The van der Waals surface area contributed by atoms with E-state index in [1.807, 2.05) is 30.3 Å². The molecule has 8 heteroatoms. The number of benzene rings is 1. The van der Waals surface area contributed by atoms with Gasteiger partial charge in [-0.2, -0.15) is 8.42 Å². The van der Waals surface area contributed by atoms with Crippen LogP contribution in [0.1, 0.15) is 5.56 Å². The largest absolute Gasteiger partial charge is 0.370 e. The molecule has 2 heterocycles. The second kappa shape index (κ2) is 6.84. The van der Waals surface area contributed by atoms with Crippen LogP contribution in [0.3, 0.4) is 0 Å². The Morgan fingerprint density at radius 1 is 1.22 bits per heavy atom. The Labute approximate surface area is 135 Å². The van der Waals surface area contributed by atoms with Crippen LogP contribution >= 0.6 is 0 Å². The van der Waals surface area contributed by atoms with Crippen molar-refractivity contribution >= 4 is 10.1 Å². The van der Waals surface area contributed by atoms with Gasteiger partial charge in [0.25, 0.3) is 10.1 Å². The number of ether oxygens (including phenoxy) is 4. The SMILES string of the molecule is COC1O[C@H]2[C@H](OC[C@H]2OCc2ccccc2)[C@H]1OS(C)(=O)=O. The molecule has 0 amide bonds. The molecular weight excluding hydrogens is 324 g/mol. The lowest BCUT2D eigenvalue weighted by Gasteiger charge is -2.20. The molecule has 128 valence electrons. The summed E-state index contributed by atoms with van der Waals surface area (Å²) in [7, 11) is -2.21. The van der Waals surface area contributed by atoms with Crippen molar-refractivity contribution in [3.63, 3.8) is 0 Å². The van der Waals surface area contributed by atoms with Gasteiger partial charge in [-0.25, -0.2) is 0 Å². The number of hydrogen-bond acceptors (Lipinski definition) is 7. The first kappa shape index (κ1) is 16.8. The van der Waals surface area contributed by atoms with Crippen LogP contribution in [0.4, 0.5) is 0 Å². The molecule has 1 aromatic rings. The Hall–Kier alpha value is -1.03. The van der Waals surface area contributed by atoms with Gasteiger partial charge in [-0.15, -0.1) is 0 Å². The van der Waals surface area contributed by atoms with Crippen LogP contribution in [-0.2, 0) is 39.9 Å². The molecule has 0 spiro atoms. The minimum atomic E-state index is -3.64. The zero-order valence-electron chi connectivity index (χ0n) is 13.0. The first-order chi connectivity index (χ1) is 11.0. The van der Waals surface area contributed by atoms with Gasteiger partial charge in [-0.05, 0) is 5.56 Å². The van der Waals surface area contributed by atoms with E-state index in [1.165, 1.54) is 7.11 Å². The summed E-state index contributed by atoms with van der Waals surface area (Å²) in [6.45, 7) is 0.749. The molecule has 0 N–H and O–H groups in total. The summed E-state index contributed by atoms with van der Waals surface area (Å²) in [4.78, 5) is 0. The van der Waals surface area contributed by atoms with Crippen LogP contribution in [0.5, 0.6) is 0 Å². The summed E-state index contributed by atoms with van der Waals surface area (Å²) in [5, 5.41) is 0. The van der Waals surface area contributed by atoms with E-state index in [4.69, 9.17) is 23.1 Å². The standard InChI is InChI=1S/C15H20O7S/c1-18-15-14(22-23(2,16)17)13-12(21-15)11(9-20-13)19-8-10-6-4-3-5-7-10/h3-7,11-15H,8-9H2,1-2H3/t11-,12-,13+,14-,15?/m1/s1. The molecule has 2 aliphatic heterocycles. The van der Waals surface area contributed by atoms with Crippen molar-refractivity contribution in [3.8, 4) is 0 Å². The fourth-order valence-electron chi connectivity index (χ4n) is 2.85. The van der Waals surface area contributed by atoms with E-state index < -0.39 is 34.7 Å². The highest BCUT2D eigenvalue weighted by Gasteiger charge is 2.55. The van der Waals surface area contributed by atoms with Gasteiger partial charge in [-0.3, -0.25) is 4.18 Å². The summed E-state index contributed by atoms with van der Waals surface area (Å²) < 4.78 is 50.3. The third-order valence-corrected chi connectivity index (χ3v) is 4.42. The van der Waals surface area contributed by atoms with E-state index >= 15 is 0 Å². The van der Waals surface area contributed by atoms with E-state index in [2.05, 4.69) is 0 Å². The Bertz CT molecular complexity index is 618. The molecule has 0 saturated carbocycles. The van der Waals surface area contributed by atoms with Gasteiger partial charge < -0.3 is 18.9 Å². The molecule has 0 radical (unpaired) electrons. The molecule has 1 unspecified atom stereocenters. The van der Waals surface area contributed by atoms with Crippen molar-refractivity contribution in [2.45, 2.75) is 37.3 Å². The third kappa shape index (κ3) is 3.90. The highest BCUT2D eigenvalue weighted by atomic mass is 32.2. The second-order valence-electron chi connectivity index (χ2n) is 5.60. The van der Waals surface area contributed by atoms with Gasteiger partial charge in [0.05, 0.1) is 19.5 Å². The molecule has 2 fully saturated rings. The molecule has 2 saturated heterocycles. The molecule has 7 nitrogen and oxygen atoms in total. The van der Waals surface area contributed by atoms with Gasteiger partial charge in [-0.1, -0.05) is 30.3 Å². The first-order valence-corrected chi connectivity index (χ1v) is 9.13. The van der Waals surface area contributed by atoms with E-state index in [-0.39, 0.29) is 6.10 Å². The topological polar surface area (TPSA) is 80.3 Å². The van der Waals surface area contributed by atoms with Crippen molar-refractivity contribution in [1.82, 2.24) is 0 Å². The number of methoxy groups -OCH3 is 1. The van der Waals surface area contributed by atoms with Gasteiger partial charge >= 0.3 is 0 Å². The average molecular weight is 344 g/mol. The second-order valence-corrected chi connectivity index (χ2v) is 7.20. The van der Waals surface area contributed by atoms with Gasteiger partial charge in [0, 0.05) is 7.11 Å². The van der Waals surface area contributed by atoms with E-state index in [9.17, 15) is 8.42 Å². The minimum Gasteiger partial charge on any atom is -0.370 e. The first-order valence-electron chi connectivity index (χ1n) is 7.31. The summed E-state index contributed by atoms with van der Waals surface area (Å²) in [6.07, 6.45) is -1.89. The molecule has 23 heavy (non-hydrogen) atoms. The lowest BCUT2D eigenvalue weighted by atomic mass is 10.1. The van der Waals surface area contributed by atoms with Crippen LogP contribution in [0.15, 0.2) is 30.3 Å². The van der Waals surface area contributed by atoms with Gasteiger partial charge in [0.15, 0.2) is 12.4 Å². The zero-order chi connectivity index (χ0) is 16.4. The minimum absolute atomic E-state index is 0.300. The Kier molecular flexibility index (Phi) is 5.00. The fourth-order valence-corrected chi connectivity index (χ4v) is 3.46. The Morgan fingerprint density at radius 2 is 1.96 bits per heavy atom. The van der Waals surface area contributed by atoms with E-state index in [0.29, 0.717) is 13.2 Å². The summed E-state index contributed by atoms with van der Waals surface area (Å²) >= 11 is 0. The van der Waals surface area contributed by atoms with Crippen molar-refractivity contribution in [1.29, 1.82) is 0 Å². The maximum absolute atomic E-state index is 11.4. The zero-order valence-corrected chi connectivity index (χ0v) is 13.8. The van der Waals surface area contributed by atoms with Crippen molar-refractivity contribution < 1.29 is 31.5 Å². The number of rotatable bonds is 6. The highest BCUT2D eigenvalue weighted by molar-refractivity contribution is 7.86. The van der Waals surface area contributed by atoms with E-state index in [1.54, 1.807) is 0 Å². The Morgan fingerprint density at radius 3 is 2.61 bits per heavy atom. The van der Waals surface area contributed by atoms with E-state index in [0.717, 1.165) is 11.8 Å². The van der Waals surface area contributed by atoms with Crippen LogP contribution in [0.2, 0.25) is 0 Å². The van der Waals surface area contributed by atoms with Crippen molar-refractivity contribution in [3.05, 3.63) is 35.9 Å². The number of hydrogen-bond donors (Lipinski definition) is 0. The molecule has 0 aliphatic carbocycles. The molecule has 2 aliphatic rings. The maximum atomic E-state index is 11.4. The van der Waals surface area contributed by atoms with Crippen LogP contribution in [0.25, 0.3) is 0 Å². The molecular formula is C15H20O7S. The number of fused-ring (bicyclic) bond motifs is 1. The highest BCUT2D eigenvalue weighted by Crippen LogP contribution is 2.35. The summed E-state index contributed by atoms with van der Waals surface area (Å²) in [5.41, 5.74) is 1.04. The fraction of sp³-hybridized carbons (Fsp3) is 0.600. The predicted octanol–water partition coefficient (Wildman–Crippen LogP) is 0.687. The summed E-state index contributed by atoms with van der Waals surface area (Å²) in [6, 6.07) is 9.76. The lowest BCUT2D eigenvalue weighted by Crippen LogP contribution is -2.37. The van der Waals surface area contributed by atoms with Crippen LogP contribution < -0.4 is 0 Å². The quantitative estimate of drug-likeness (QED) is 0.702. The predicted molar refractivity (Wildman–Crippen MR) is 80.1 cm³/mol. The van der Waals surface area contributed by atoms with Crippen LogP contribution in [0, 0.1) is 0 Å². The molecule has 1 aromatic carbocycles. The monoisotopic (exact) mass is 344 g/mol. The molecule has 3 rings (SSSR count). The smallest absolute Gasteiger partial charge is 0.264 e. The summed E-state index contributed by atoms with van der Waals surface area (Å²) in [5.74, 6) is 0. The Balaban J connectivity index is 1.64. The molecule has 5 atom stereocenters. The lowest BCUT2D eigenvalue weighted by molar-refractivity contribution is -0.168. The van der Waals surface area contributed by atoms with Gasteiger partial charge in [0.2, 0.25) is 0 Å². The van der Waals surface area contributed by atoms with Crippen molar-refractivity contribution in [2.24, 2.45) is 0 Å². The van der Waals surface area contributed by atoms with Crippen LogP contribution in [-0.4, -0.2) is 59.1 Å². The maximum Gasteiger partial charge on any atom is 0.264 e. The third-order valence-electron chi connectivity index (χ3n) is 3.85. The van der Waals surface area contributed by atoms with Gasteiger partial charge in [0.1, 0.15) is 18.3 Å². The molecule has 0 aromatic heterocycles. The molecule has 0 bridgehead atoms. The average Bonchev–Trinajstić information content (AvgIpc) is 3.05.